The van der Waals surface area contributed by atoms with Crippen LogP contribution >= 0.6 is 23.4 Å². The molecule has 1 N–H and O–H groups in total. The van der Waals surface area contributed by atoms with E-state index in [1.807, 2.05) is 31.3 Å². The molecule has 1 aliphatic rings. The second-order valence-corrected chi connectivity index (χ2v) is 4.34. The number of hydrogen-bond donors (Lipinski definition) is 1. The van der Waals surface area contributed by atoms with Gasteiger partial charge in [0.25, 0.3) is 0 Å². The minimum Gasteiger partial charge on any atom is -0.366 e. The monoisotopic (exact) mass is 239 g/mol. The molecular formula is C10H10ClN3S. The van der Waals surface area contributed by atoms with Crippen molar-refractivity contribution in [1.29, 1.82) is 0 Å². The van der Waals surface area contributed by atoms with E-state index in [2.05, 4.69) is 15.5 Å². The molecule has 78 valence electrons. The summed E-state index contributed by atoms with van der Waals surface area (Å²) in [6, 6.07) is 7.68. The fourth-order valence-electron chi connectivity index (χ4n) is 1.25. The molecule has 0 bridgehead atoms. The van der Waals surface area contributed by atoms with Gasteiger partial charge in [0.05, 0.1) is 5.71 Å². The van der Waals surface area contributed by atoms with Gasteiger partial charge in [-0.3, -0.25) is 0 Å². The van der Waals surface area contributed by atoms with Crippen LogP contribution in [0.5, 0.6) is 0 Å². The quantitative estimate of drug-likeness (QED) is 0.817. The molecule has 0 aromatic heterocycles. The standard InChI is InChI=1S/C10H10ClN3S/c1-12-10-14-13-9(6-15-10)7-4-2-3-5-8(7)11/h2-5H,6H2,1H3,(H,12,14). The summed E-state index contributed by atoms with van der Waals surface area (Å²) in [5.74, 6) is 0.795. The first-order valence-corrected chi connectivity index (χ1v) is 5.87. The number of benzene rings is 1. The highest BCUT2D eigenvalue weighted by atomic mass is 35.5. The van der Waals surface area contributed by atoms with E-state index in [9.17, 15) is 0 Å². The molecular weight excluding hydrogens is 230 g/mol. The third-order valence-electron chi connectivity index (χ3n) is 2.01. The van der Waals surface area contributed by atoms with E-state index < -0.39 is 0 Å². The van der Waals surface area contributed by atoms with Crippen molar-refractivity contribution in [3.8, 4) is 0 Å². The van der Waals surface area contributed by atoms with Crippen molar-refractivity contribution >= 4 is 34.2 Å². The van der Waals surface area contributed by atoms with E-state index in [1.165, 1.54) is 0 Å². The average molecular weight is 240 g/mol. The number of hydrogen-bond acceptors (Lipinski definition) is 4. The Balaban J connectivity index is 2.30. The SMILES string of the molecule is CNC1=NN=C(c2ccccc2Cl)CS1. The number of nitrogens with zero attached hydrogens (tertiary/aromatic N) is 2. The lowest BCUT2D eigenvalue weighted by molar-refractivity contribution is 1.13. The van der Waals surface area contributed by atoms with Crippen LogP contribution in [0.15, 0.2) is 34.5 Å². The lowest BCUT2D eigenvalue weighted by Crippen LogP contribution is -2.20. The van der Waals surface area contributed by atoms with Gasteiger partial charge in [-0.05, 0) is 6.07 Å². The van der Waals surface area contributed by atoms with Crippen molar-refractivity contribution in [2.45, 2.75) is 0 Å². The zero-order chi connectivity index (χ0) is 10.7. The Morgan fingerprint density at radius 1 is 1.33 bits per heavy atom. The lowest BCUT2D eigenvalue weighted by atomic mass is 10.1. The van der Waals surface area contributed by atoms with Crippen molar-refractivity contribution in [3.05, 3.63) is 34.9 Å². The predicted molar refractivity (Wildman–Crippen MR) is 66.9 cm³/mol. The van der Waals surface area contributed by atoms with Crippen LogP contribution in [-0.2, 0) is 0 Å². The first kappa shape index (κ1) is 10.5. The molecule has 15 heavy (non-hydrogen) atoms. The van der Waals surface area contributed by atoms with Gasteiger partial charge in [0.1, 0.15) is 0 Å². The van der Waals surface area contributed by atoms with Crippen LogP contribution in [0.25, 0.3) is 0 Å². The molecule has 0 saturated carbocycles. The van der Waals surface area contributed by atoms with Crippen molar-refractivity contribution in [2.75, 3.05) is 12.8 Å². The van der Waals surface area contributed by atoms with Crippen molar-refractivity contribution in [3.63, 3.8) is 0 Å². The van der Waals surface area contributed by atoms with E-state index >= 15 is 0 Å². The Labute approximate surface area is 97.6 Å². The third kappa shape index (κ3) is 2.33. The van der Waals surface area contributed by atoms with Gasteiger partial charge in [-0.1, -0.05) is 41.6 Å². The molecule has 5 heteroatoms. The maximum Gasteiger partial charge on any atom is 0.183 e. The summed E-state index contributed by atoms with van der Waals surface area (Å²) >= 11 is 7.70. The number of nitrogens with one attached hydrogen (secondary N) is 1. The predicted octanol–water partition coefficient (Wildman–Crippen LogP) is 2.37. The van der Waals surface area contributed by atoms with E-state index in [1.54, 1.807) is 11.8 Å². The molecule has 0 aliphatic carbocycles. The topological polar surface area (TPSA) is 36.8 Å². The van der Waals surface area contributed by atoms with Gasteiger partial charge in [-0.2, -0.15) is 5.10 Å². The zero-order valence-electron chi connectivity index (χ0n) is 8.20. The van der Waals surface area contributed by atoms with Gasteiger partial charge < -0.3 is 5.32 Å². The third-order valence-corrected chi connectivity index (χ3v) is 3.31. The van der Waals surface area contributed by atoms with Gasteiger partial charge in [-0.15, -0.1) is 5.10 Å². The highest BCUT2D eigenvalue weighted by Crippen LogP contribution is 2.20. The first-order valence-electron chi connectivity index (χ1n) is 4.51. The summed E-state index contributed by atoms with van der Waals surface area (Å²) in [7, 11) is 1.84. The van der Waals surface area contributed by atoms with Gasteiger partial charge in [0.15, 0.2) is 5.17 Å². The van der Waals surface area contributed by atoms with Crippen molar-refractivity contribution < 1.29 is 0 Å². The Kier molecular flexibility index (Phi) is 3.28. The highest BCUT2D eigenvalue weighted by Gasteiger charge is 2.13. The maximum absolute atomic E-state index is 6.07. The Morgan fingerprint density at radius 3 is 2.73 bits per heavy atom. The molecule has 0 atom stereocenters. The van der Waals surface area contributed by atoms with Crippen LogP contribution in [0.3, 0.4) is 0 Å². The first-order chi connectivity index (χ1) is 7.31. The van der Waals surface area contributed by atoms with Gasteiger partial charge in [0.2, 0.25) is 0 Å². The number of amidine groups is 1. The molecule has 1 aromatic rings. The zero-order valence-corrected chi connectivity index (χ0v) is 9.77. The van der Waals surface area contributed by atoms with Crippen LogP contribution in [0.4, 0.5) is 0 Å². The largest absolute Gasteiger partial charge is 0.366 e. The summed E-state index contributed by atoms with van der Waals surface area (Å²) in [5, 5.41) is 12.7. The number of rotatable bonds is 1. The second-order valence-electron chi connectivity index (χ2n) is 2.97. The van der Waals surface area contributed by atoms with Crippen molar-refractivity contribution in [1.82, 2.24) is 5.32 Å². The fraction of sp³-hybridized carbons (Fsp3) is 0.200. The summed E-state index contributed by atoms with van der Waals surface area (Å²) in [6.45, 7) is 0. The number of halogens is 1. The van der Waals surface area contributed by atoms with Gasteiger partial charge in [0, 0.05) is 23.4 Å². The normalized spacial score (nSPS) is 15.6. The summed E-state index contributed by atoms with van der Waals surface area (Å²) in [6.07, 6.45) is 0. The smallest absolute Gasteiger partial charge is 0.183 e. The summed E-state index contributed by atoms with van der Waals surface area (Å²) in [4.78, 5) is 0. The van der Waals surface area contributed by atoms with Gasteiger partial charge >= 0.3 is 0 Å². The molecule has 1 heterocycles. The molecule has 2 rings (SSSR count). The molecule has 1 aliphatic heterocycles. The average Bonchev–Trinajstić information content (AvgIpc) is 2.30. The van der Waals surface area contributed by atoms with Crippen molar-refractivity contribution in [2.24, 2.45) is 10.2 Å². The van der Waals surface area contributed by atoms with E-state index in [0.717, 1.165) is 27.2 Å². The molecule has 0 amide bonds. The van der Waals surface area contributed by atoms with E-state index in [-0.39, 0.29) is 0 Å². The van der Waals surface area contributed by atoms with Gasteiger partial charge in [-0.25, -0.2) is 0 Å². The summed E-state index contributed by atoms with van der Waals surface area (Å²) < 4.78 is 0. The van der Waals surface area contributed by atoms with E-state index in [0.29, 0.717) is 0 Å². The molecule has 0 radical (unpaired) electrons. The lowest BCUT2D eigenvalue weighted by Gasteiger charge is -2.11. The molecule has 3 nitrogen and oxygen atoms in total. The molecule has 1 aromatic carbocycles. The maximum atomic E-state index is 6.07. The van der Waals surface area contributed by atoms with Crippen LogP contribution in [0.1, 0.15) is 5.56 Å². The minimum atomic E-state index is 0.722. The molecule has 0 spiro atoms. The Bertz CT molecular complexity index is 428. The van der Waals surface area contributed by atoms with Crippen LogP contribution in [0.2, 0.25) is 5.02 Å². The van der Waals surface area contributed by atoms with Crippen LogP contribution in [0, 0.1) is 0 Å². The Morgan fingerprint density at radius 2 is 2.13 bits per heavy atom. The van der Waals surface area contributed by atoms with Crippen LogP contribution in [-0.4, -0.2) is 23.7 Å². The molecule has 0 saturated heterocycles. The highest BCUT2D eigenvalue weighted by molar-refractivity contribution is 8.14. The fourth-order valence-corrected chi connectivity index (χ4v) is 2.22. The summed E-state index contributed by atoms with van der Waals surface area (Å²) in [5.41, 5.74) is 1.88. The molecule has 0 unspecified atom stereocenters. The number of thioether (sulfide) groups is 1. The second kappa shape index (κ2) is 4.68. The van der Waals surface area contributed by atoms with E-state index in [4.69, 9.17) is 11.6 Å². The molecule has 0 fully saturated rings. The Hall–Kier alpha value is -1.000. The van der Waals surface area contributed by atoms with Crippen LogP contribution < -0.4 is 5.32 Å². The minimum absolute atomic E-state index is 0.722.